The summed E-state index contributed by atoms with van der Waals surface area (Å²) >= 11 is 5.77. The Kier molecular flexibility index (Phi) is 4.45. The highest BCUT2D eigenvalue weighted by Gasteiger charge is 2.24. The summed E-state index contributed by atoms with van der Waals surface area (Å²) in [6, 6.07) is 0. The number of carbonyl (C=O) groups excluding carboxylic acids is 1. The van der Waals surface area contributed by atoms with Crippen molar-refractivity contribution in [2.24, 2.45) is 0 Å². The molecule has 1 aromatic rings. The second-order valence-corrected chi connectivity index (χ2v) is 6.00. The molecule has 20 heavy (non-hydrogen) atoms. The minimum Gasteiger partial charge on any atom is -0.471 e. The van der Waals surface area contributed by atoms with Gasteiger partial charge in [0, 0.05) is 18.2 Å². The smallest absolute Gasteiger partial charge is 0.258 e. The van der Waals surface area contributed by atoms with Gasteiger partial charge in [0.1, 0.15) is 11.7 Å². The molecular weight excluding hydrogens is 282 g/mol. The van der Waals surface area contributed by atoms with E-state index < -0.39 is 0 Å². The Bertz CT molecular complexity index is 496. The maximum Gasteiger partial charge on any atom is 0.258 e. The van der Waals surface area contributed by atoms with Crippen LogP contribution in [0.1, 0.15) is 37.6 Å². The van der Waals surface area contributed by atoms with Gasteiger partial charge in [-0.25, -0.2) is 4.98 Å². The Labute approximate surface area is 122 Å². The number of hydrogen-bond acceptors (Lipinski definition) is 5. The second kappa shape index (κ2) is 5.93. The SMILES string of the molecule is CC(C)(C)NC(=O)c1cnc(Cl)nc1OC1CCOC1. The summed E-state index contributed by atoms with van der Waals surface area (Å²) in [4.78, 5) is 20.1. The van der Waals surface area contributed by atoms with E-state index in [1.54, 1.807) is 0 Å². The second-order valence-electron chi connectivity index (χ2n) is 5.67. The monoisotopic (exact) mass is 299 g/mol. The van der Waals surface area contributed by atoms with Crippen LogP contribution in [0.15, 0.2) is 6.20 Å². The van der Waals surface area contributed by atoms with Crippen LogP contribution in [0, 0.1) is 0 Å². The van der Waals surface area contributed by atoms with Gasteiger partial charge in [0.15, 0.2) is 0 Å². The van der Waals surface area contributed by atoms with Gasteiger partial charge in [-0.1, -0.05) is 0 Å². The predicted molar refractivity (Wildman–Crippen MR) is 74.1 cm³/mol. The number of nitrogens with zero attached hydrogens (tertiary/aromatic N) is 2. The van der Waals surface area contributed by atoms with E-state index in [0.29, 0.717) is 13.2 Å². The number of nitrogens with one attached hydrogen (secondary N) is 1. The molecule has 2 heterocycles. The Balaban J connectivity index is 2.20. The van der Waals surface area contributed by atoms with Gasteiger partial charge in [-0.3, -0.25) is 4.79 Å². The van der Waals surface area contributed by atoms with Crippen molar-refractivity contribution in [2.75, 3.05) is 13.2 Å². The van der Waals surface area contributed by atoms with Crippen LogP contribution in [0.25, 0.3) is 0 Å². The molecule has 1 aromatic heterocycles. The Morgan fingerprint density at radius 2 is 2.30 bits per heavy atom. The number of rotatable bonds is 3. The van der Waals surface area contributed by atoms with Crippen LogP contribution >= 0.6 is 11.6 Å². The number of halogens is 1. The van der Waals surface area contributed by atoms with Crippen molar-refractivity contribution in [1.29, 1.82) is 0 Å². The van der Waals surface area contributed by atoms with Crippen molar-refractivity contribution in [2.45, 2.75) is 38.8 Å². The molecule has 1 N–H and O–H groups in total. The Hall–Kier alpha value is -1.40. The molecule has 1 aliphatic rings. The average Bonchev–Trinajstić information content (AvgIpc) is 2.79. The highest BCUT2D eigenvalue weighted by Crippen LogP contribution is 2.21. The minimum atomic E-state index is -0.357. The lowest BCUT2D eigenvalue weighted by molar-refractivity contribution is 0.0906. The molecule has 1 amide bonds. The molecule has 110 valence electrons. The van der Waals surface area contributed by atoms with E-state index in [4.69, 9.17) is 21.1 Å². The van der Waals surface area contributed by atoms with Gasteiger partial charge in [0.2, 0.25) is 11.2 Å². The first-order chi connectivity index (χ1) is 9.35. The van der Waals surface area contributed by atoms with E-state index in [-0.39, 0.29) is 34.3 Å². The van der Waals surface area contributed by atoms with Crippen LogP contribution in [-0.2, 0) is 4.74 Å². The van der Waals surface area contributed by atoms with Crippen molar-refractivity contribution in [3.8, 4) is 5.88 Å². The van der Waals surface area contributed by atoms with E-state index in [1.165, 1.54) is 6.20 Å². The van der Waals surface area contributed by atoms with Crippen molar-refractivity contribution in [1.82, 2.24) is 15.3 Å². The summed E-state index contributed by atoms with van der Waals surface area (Å²) in [5.74, 6) is -0.0923. The number of ether oxygens (including phenoxy) is 2. The molecule has 0 aromatic carbocycles. The molecule has 0 spiro atoms. The van der Waals surface area contributed by atoms with Gasteiger partial charge >= 0.3 is 0 Å². The van der Waals surface area contributed by atoms with Crippen LogP contribution in [0.2, 0.25) is 5.28 Å². The zero-order chi connectivity index (χ0) is 14.8. The lowest BCUT2D eigenvalue weighted by Gasteiger charge is -2.21. The molecular formula is C13H18ClN3O3. The highest BCUT2D eigenvalue weighted by atomic mass is 35.5. The molecule has 1 fully saturated rings. The van der Waals surface area contributed by atoms with E-state index in [2.05, 4.69) is 15.3 Å². The van der Waals surface area contributed by atoms with Gasteiger partial charge in [-0.15, -0.1) is 0 Å². The third kappa shape index (κ3) is 4.05. The molecule has 1 unspecified atom stereocenters. The fourth-order valence-electron chi connectivity index (χ4n) is 1.76. The van der Waals surface area contributed by atoms with Crippen molar-refractivity contribution in [3.63, 3.8) is 0 Å². The van der Waals surface area contributed by atoms with Crippen LogP contribution in [0.4, 0.5) is 0 Å². The first-order valence-corrected chi connectivity index (χ1v) is 6.82. The summed E-state index contributed by atoms with van der Waals surface area (Å²) in [7, 11) is 0. The zero-order valence-electron chi connectivity index (χ0n) is 11.8. The highest BCUT2D eigenvalue weighted by molar-refractivity contribution is 6.28. The number of carbonyl (C=O) groups is 1. The number of amides is 1. The van der Waals surface area contributed by atoms with Gasteiger partial charge < -0.3 is 14.8 Å². The molecule has 1 saturated heterocycles. The first kappa shape index (κ1) is 15.0. The molecule has 6 nitrogen and oxygen atoms in total. The van der Waals surface area contributed by atoms with Crippen molar-refractivity contribution >= 4 is 17.5 Å². The third-order valence-corrected chi connectivity index (χ3v) is 2.81. The van der Waals surface area contributed by atoms with Gasteiger partial charge in [-0.05, 0) is 32.4 Å². The normalized spacial score (nSPS) is 18.9. The first-order valence-electron chi connectivity index (χ1n) is 6.44. The largest absolute Gasteiger partial charge is 0.471 e. The molecule has 0 radical (unpaired) electrons. The Morgan fingerprint density at radius 1 is 1.55 bits per heavy atom. The summed E-state index contributed by atoms with van der Waals surface area (Å²) in [6.45, 7) is 6.82. The van der Waals surface area contributed by atoms with Crippen molar-refractivity contribution < 1.29 is 14.3 Å². The molecule has 0 aliphatic carbocycles. The third-order valence-electron chi connectivity index (χ3n) is 2.62. The molecule has 0 saturated carbocycles. The average molecular weight is 300 g/mol. The molecule has 0 bridgehead atoms. The van der Waals surface area contributed by atoms with E-state index >= 15 is 0 Å². The minimum absolute atomic E-state index is 0.0474. The number of aromatic nitrogens is 2. The quantitative estimate of drug-likeness (QED) is 0.862. The summed E-state index contributed by atoms with van der Waals surface area (Å²) in [5, 5.41) is 2.89. The van der Waals surface area contributed by atoms with E-state index in [1.807, 2.05) is 20.8 Å². The van der Waals surface area contributed by atoms with E-state index in [9.17, 15) is 4.79 Å². The molecule has 2 rings (SSSR count). The van der Waals surface area contributed by atoms with Crippen molar-refractivity contribution in [3.05, 3.63) is 17.0 Å². The lowest BCUT2D eigenvalue weighted by atomic mass is 10.1. The molecule has 7 heteroatoms. The lowest BCUT2D eigenvalue weighted by Crippen LogP contribution is -2.41. The summed E-state index contributed by atoms with van der Waals surface area (Å²) < 4.78 is 10.9. The van der Waals surface area contributed by atoms with Gasteiger partial charge in [0.25, 0.3) is 5.91 Å². The van der Waals surface area contributed by atoms with Crippen LogP contribution < -0.4 is 10.1 Å². The fraction of sp³-hybridized carbons (Fsp3) is 0.615. The van der Waals surface area contributed by atoms with Gasteiger partial charge in [0.05, 0.1) is 13.2 Å². The maximum atomic E-state index is 12.2. The summed E-state index contributed by atoms with van der Waals surface area (Å²) in [6.07, 6.45) is 2.03. The molecule has 1 aliphatic heterocycles. The summed E-state index contributed by atoms with van der Waals surface area (Å²) in [5.41, 5.74) is -0.0824. The number of hydrogen-bond donors (Lipinski definition) is 1. The van der Waals surface area contributed by atoms with E-state index in [0.717, 1.165) is 6.42 Å². The van der Waals surface area contributed by atoms with Crippen LogP contribution in [0.3, 0.4) is 0 Å². The predicted octanol–water partition coefficient (Wildman–Crippen LogP) is 1.83. The molecule has 1 atom stereocenters. The topological polar surface area (TPSA) is 73.3 Å². The van der Waals surface area contributed by atoms with Gasteiger partial charge in [-0.2, -0.15) is 4.98 Å². The Morgan fingerprint density at radius 3 is 2.90 bits per heavy atom. The zero-order valence-corrected chi connectivity index (χ0v) is 12.5. The standard InChI is InChI=1S/C13H18ClN3O3/c1-13(2,3)17-10(18)9-6-15-12(14)16-11(9)20-8-4-5-19-7-8/h6,8H,4-5,7H2,1-3H3,(H,17,18). The van der Waals surface area contributed by atoms with Crippen LogP contribution in [-0.4, -0.2) is 40.7 Å². The van der Waals surface area contributed by atoms with Crippen LogP contribution in [0.5, 0.6) is 5.88 Å². The maximum absolute atomic E-state index is 12.2. The fourth-order valence-corrected chi connectivity index (χ4v) is 1.89.